The van der Waals surface area contributed by atoms with E-state index in [0.717, 1.165) is 31.1 Å². The maximum Gasteiger partial charge on any atom is 0.127 e. The molecule has 2 heterocycles. The Balaban J connectivity index is 1.51. The van der Waals surface area contributed by atoms with Crippen LogP contribution in [0.3, 0.4) is 0 Å². The SMILES string of the molecule is COc1ccc(CN2CCC[C@H](c3cc4ccccc4cn3)C2)c(OC)c1. The molecule has 0 saturated carbocycles. The Morgan fingerprint density at radius 2 is 1.89 bits per heavy atom. The largest absolute Gasteiger partial charge is 0.497 e. The zero-order valence-corrected chi connectivity index (χ0v) is 16.0. The fraction of sp³-hybridized carbons (Fsp3) is 0.348. The van der Waals surface area contributed by atoms with Crippen molar-refractivity contribution in [2.75, 3.05) is 27.3 Å². The molecule has 2 aromatic carbocycles. The number of ether oxygens (including phenoxy) is 2. The molecular weight excluding hydrogens is 336 g/mol. The summed E-state index contributed by atoms with van der Waals surface area (Å²) >= 11 is 0. The lowest BCUT2D eigenvalue weighted by Crippen LogP contribution is -2.34. The first-order valence-electron chi connectivity index (χ1n) is 9.55. The summed E-state index contributed by atoms with van der Waals surface area (Å²) in [5.41, 5.74) is 2.41. The summed E-state index contributed by atoms with van der Waals surface area (Å²) in [6, 6.07) is 16.8. The number of piperidine rings is 1. The van der Waals surface area contributed by atoms with Gasteiger partial charge in [0.25, 0.3) is 0 Å². The topological polar surface area (TPSA) is 34.6 Å². The molecule has 0 amide bonds. The molecule has 1 aliphatic heterocycles. The molecule has 3 aromatic rings. The van der Waals surface area contributed by atoms with Gasteiger partial charge in [0.2, 0.25) is 0 Å². The van der Waals surface area contributed by atoms with Gasteiger partial charge in [-0.25, -0.2) is 0 Å². The second-order valence-electron chi connectivity index (χ2n) is 7.21. The molecule has 4 rings (SSSR count). The van der Waals surface area contributed by atoms with Crippen LogP contribution in [0.1, 0.15) is 30.0 Å². The van der Waals surface area contributed by atoms with Crippen molar-refractivity contribution in [2.45, 2.75) is 25.3 Å². The molecule has 1 fully saturated rings. The summed E-state index contributed by atoms with van der Waals surface area (Å²) < 4.78 is 10.9. The second kappa shape index (κ2) is 7.97. The van der Waals surface area contributed by atoms with Gasteiger partial charge in [-0.3, -0.25) is 9.88 Å². The highest BCUT2D eigenvalue weighted by Crippen LogP contribution is 2.31. The lowest BCUT2D eigenvalue weighted by molar-refractivity contribution is 0.196. The molecule has 4 heteroatoms. The van der Waals surface area contributed by atoms with E-state index < -0.39 is 0 Å². The quantitative estimate of drug-likeness (QED) is 0.663. The number of hydrogen-bond acceptors (Lipinski definition) is 4. The minimum absolute atomic E-state index is 0.479. The zero-order valence-electron chi connectivity index (χ0n) is 16.0. The summed E-state index contributed by atoms with van der Waals surface area (Å²) in [5, 5.41) is 2.48. The molecule has 140 valence electrons. The third-order valence-corrected chi connectivity index (χ3v) is 5.46. The molecule has 0 N–H and O–H groups in total. The number of hydrogen-bond donors (Lipinski definition) is 0. The normalized spacial score (nSPS) is 17.8. The first kappa shape index (κ1) is 17.8. The Morgan fingerprint density at radius 1 is 1.04 bits per heavy atom. The molecule has 0 spiro atoms. The van der Waals surface area contributed by atoms with E-state index in [1.165, 1.54) is 34.9 Å². The molecule has 1 saturated heterocycles. The summed E-state index contributed by atoms with van der Waals surface area (Å²) in [4.78, 5) is 7.27. The van der Waals surface area contributed by atoms with Crippen LogP contribution in [0.25, 0.3) is 10.8 Å². The molecule has 4 nitrogen and oxygen atoms in total. The zero-order chi connectivity index (χ0) is 18.6. The van der Waals surface area contributed by atoms with Gasteiger partial charge in [-0.15, -0.1) is 0 Å². The molecular formula is C23H26N2O2. The van der Waals surface area contributed by atoms with E-state index in [1.54, 1.807) is 14.2 Å². The smallest absolute Gasteiger partial charge is 0.127 e. The summed E-state index contributed by atoms with van der Waals surface area (Å²) in [5.74, 6) is 2.19. The average Bonchev–Trinajstić information content (AvgIpc) is 2.74. The number of methoxy groups -OCH3 is 2. The molecule has 27 heavy (non-hydrogen) atoms. The van der Waals surface area contributed by atoms with Crippen LogP contribution in [0.15, 0.2) is 54.7 Å². The van der Waals surface area contributed by atoms with Crippen molar-refractivity contribution in [1.29, 1.82) is 0 Å². The maximum atomic E-state index is 5.57. The van der Waals surface area contributed by atoms with Crippen LogP contribution in [0.4, 0.5) is 0 Å². The van der Waals surface area contributed by atoms with Crippen molar-refractivity contribution in [3.8, 4) is 11.5 Å². The highest BCUT2D eigenvalue weighted by Gasteiger charge is 2.23. The van der Waals surface area contributed by atoms with Crippen LogP contribution >= 0.6 is 0 Å². The van der Waals surface area contributed by atoms with Gasteiger partial charge in [0.15, 0.2) is 0 Å². The molecule has 0 radical (unpaired) electrons. The first-order chi connectivity index (χ1) is 13.3. The van der Waals surface area contributed by atoms with Crippen LogP contribution in [-0.2, 0) is 6.54 Å². The summed E-state index contributed by atoms with van der Waals surface area (Å²) in [7, 11) is 3.40. The predicted octanol–water partition coefficient (Wildman–Crippen LogP) is 4.63. The van der Waals surface area contributed by atoms with E-state index in [2.05, 4.69) is 41.3 Å². The number of aromatic nitrogens is 1. The molecule has 0 aliphatic carbocycles. The minimum Gasteiger partial charge on any atom is -0.497 e. The van der Waals surface area contributed by atoms with Gasteiger partial charge in [-0.2, -0.15) is 0 Å². The van der Waals surface area contributed by atoms with Crippen LogP contribution in [0, 0.1) is 0 Å². The summed E-state index contributed by atoms with van der Waals surface area (Å²) in [6.45, 7) is 3.02. The molecule has 1 aromatic heterocycles. The Kier molecular flexibility index (Phi) is 5.26. The van der Waals surface area contributed by atoms with Gasteiger partial charge in [0.05, 0.1) is 14.2 Å². The van der Waals surface area contributed by atoms with Crippen molar-refractivity contribution in [1.82, 2.24) is 9.88 Å². The number of likely N-dealkylation sites (tertiary alicyclic amines) is 1. The molecule has 1 aliphatic rings. The number of pyridine rings is 1. The molecule has 1 atom stereocenters. The van der Waals surface area contributed by atoms with E-state index >= 15 is 0 Å². The van der Waals surface area contributed by atoms with Crippen molar-refractivity contribution < 1.29 is 9.47 Å². The average molecular weight is 362 g/mol. The fourth-order valence-electron chi connectivity index (χ4n) is 3.99. The third kappa shape index (κ3) is 3.91. The molecule has 0 bridgehead atoms. The van der Waals surface area contributed by atoms with Crippen molar-refractivity contribution in [3.63, 3.8) is 0 Å². The lowest BCUT2D eigenvalue weighted by atomic mass is 9.93. The van der Waals surface area contributed by atoms with Crippen molar-refractivity contribution in [2.24, 2.45) is 0 Å². The highest BCUT2D eigenvalue weighted by molar-refractivity contribution is 5.81. The van der Waals surface area contributed by atoms with Gasteiger partial charge < -0.3 is 9.47 Å². The number of rotatable bonds is 5. The predicted molar refractivity (Wildman–Crippen MR) is 109 cm³/mol. The van der Waals surface area contributed by atoms with Crippen LogP contribution < -0.4 is 9.47 Å². The van der Waals surface area contributed by atoms with Gasteiger partial charge in [0.1, 0.15) is 11.5 Å². The number of nitrogens with zero attached hydrogens (tertiary/aromatic N) is 2. The van der Waals surface area contributed by atoms with Gasteiger partial charge in [-0.1, -0.05) is 30.3 Å². The highest BCUT2D eigenvalue weighted by atomic mass is 16.5. The standard InChI is InChI=1S/C23H26N2O2/c1-26-21-10-9-20(23(13-21)27-2)16-25-11-5-8-19(15-25)22-12-17-6-3-4-7-18(17)14-24-22/h3-4,6-7,9-10,12-14,19H,5,8,11,15-16H2,1-2H3/t19-/m0/s1. The molecule has 0 unspecified atom stereocenters. The van der Waals surface area contributed by atoms with Crippen molar-refractivity contribution in [3.05, 3.63) is 66.0 Å². The fourth-order valence-corrected chi connectivity index (χ4v) is 3.99. The van der Waals surface area contributed by atoms with E-state index in [9.17, 15) is 0 Å². The number of benzene rings is 2. The Hall–Kier alpha value is -2.59. The third-order valence-electron chi connectivity index (χ3n) is 5.46. The Morgan fingerprint density at radius 3 is 2.70 bits per heavy atom. The van der Waals surface area contributed by atoms with Crippen LogP contribution in [0.5, 0.6) is 11.5 Å². The lowest BCUT2D eigenvalue weighted by Gasteiger charge is -2.33. The minimum atomic E-state index is 0.479. The van der Waals surface area contributed by atoms with E-state index in [-0.39, 0.29) is 0 Å². The van der Waals surface area contributed by atoms with Crippen molar-refractivity contribution >= 4 is 10.8 Å². The van der Waals surface area contributed by atoms with E-state index in [1.807, 2.05) is 18.3 Å². The second-order valence-corrected chi connectivity index (χ2v) is 7.21. The first-order valence-corrected chi connectivity index (χ1v) is 9.55. The summed E-state index contributed by atoms with van der Waals surface area (Å²) in [6.07, 6.45) is 4.40. The Labute approximate surface area is 160 Å². The van der Waals surface area contributed by atoms with Gasteiger partial charge in [0, 0.05) is 47.9 Å². The number of fused-ring (bicyclic) bond motifs is 1. The van der Waals surface area contributed by atoms with Gasteiger partial charge in [-0.05, 0) is 36.9 Å². The van der Waals surface area contributed by atoms with Crippen LogP contribution in [0.2, 0.25) is 0 Å². The van der Waals surface area contributed by atoms with E-state index in [4.69, 9.17) is 14.5 Å². The Bertz CT molecular complexity index is 925. The maximum absolute atomic E-state index is 5.57. The monoisotopic (exact) mass is 362 g/mol. The van der Waals surface area contributed by atoms with Gasteiger partial charge >= 0.3 is 0 Å². The van der Waals surface area contributed by atoms with E-state index in [0.29, 0.717) is 5.92 Å². The van der Waals surface area contributed by atoms with Crippen LogP contribution in [-0.4, -0.2) is 37.2 Å².